The first-order chi connectivity index (χ1) is 18.1. The molecule has 3 aromatic rings. The zero-order valence-corrected chi connectivity index (χ0v) is 24.6. The van der Waals surface area contributed by atoms with Crippen LogP contribution in [0.4, 0.5) is 11.4 Å². The third kappa shape index (κ3) is 9.40. The third-order valence-electron chi connectivity index (χ3n) is 3.96. The number of hydrogen-bond acceptors (Lipinski definition) is 10. The Balaban J connectivity index is 0.000000437. The quantitative estimate of drug-likeness (QED) is 0.0913. The van der Waals surface area contributed by atoms with Crippen molar-refractivity contribution in [1.29, 1.82) is 0 Å². The lowest BCUT2D eigenvalue weighted by atomic mass is 10.2. The van der Waals surface area contributed by atoms with Gasteiger partial charge in [0, 0.05) is 18.3 Å². The van der Waals surface area contributed by atoms with Gasteiger partial charge in [0.25, 0.3) is 10.1 Å². The van der Waals surface area contributed by atoms with Gasteiger partial charge in [0.15, 0.2) is 23.0 Å². The standard InChI is InChI=1S/C18H8Cl2N2O2.2C2H6.2CH4O3S/c19-13-15-17(23-11-7-3-1-5-9(11)21-15)14(20)16-18(13)24-12-8-4-2-6-10(12)22-16;2*1-2;1-5(2,3)4;1-5-4-3-2/h1-8H;2*1-2H3;1H3,(H,2,3,4);2H,1H3. The van der Waals surface area contributed by atoms with Crippen LogP contribution in [0.25, 0.3) is 0 Å². The predicted octanol–water partition coefficient (Wildman–Crippen LogP) is 7.35. The second-order valence-electron chi connectivity index (χ2n) is 6.39. The van der Waals surface area contributed by atoms with E-state index in [1.165, 1.54) is 0 Å². The molecule has 2 heterocycles. The number of nitrogens with zero attached hydrogens (tertiary/aromatic N) is 2. The molecule has 0 amide bonds. The SMILES string of the molecule is CC.CC.CS(=O)(=O)O.CSOOO.Clc1c2c(c(Cl)c3c1=Nc1ccccc1O3)=Nc1ccccc1O2. The van der Waals surface area contributed by atoms with Crippen molar-refractivity contribution in [3.63, 3.8) is 0 Å². The fourth-order valence-electron chi connectivity index (χ4n) is 2.77. The van der Waals surface area contributed by atoms with Gasteiger partial charge >= 0.3 is 0 Å². The number of fused-ring (bicyclic) bond motifs is 4. The number of para-hydroxylation sites is 4. The molecule has 0 aromatic heterocycles. The fraction of sp³-hybridized carbons (Fsp3) is 0.250. The van der Waals surface area contributed by atoms with E-state index in [0.717, 1.165) is 12.0 Å². The van der Waals surface area contributed by atoms with E-state index in [2.05, 4.69) is 19.4 Å². The van der Waals surface area contributed by atoms with E-state index in [9.17, 15) is 8.42 Å². The first-order valence-corrected chi connectivity index (χ1v) is 14.8. The van der Waals surface area contributed by atoms with E-state index in [1.54, 1.807) is 6.26 Å². The average molecular weight is 608 g/mol. The van der Waals surface area contributed by atoms with E-state index in [-0.39, 0.29) is 0 Å². The van der Waals surface area contributed by atoms with Crippen molar-refractivity contribution in [3.05, 3.63) is 69.3 Å². The average Bonchev–Trinajstić information content (AvgIpc) is 2.92. The van der Waals surface area contributed by atoms with E-state index in [4.69, 9.17) is 42.5 Å². The Labute approximate surface area is 235 Å². The van der Waals surface area contributed by atoms with Crippen molar-refractivity contribution in [1.82, 2.24) is 0 Å². The number of ether oxygens (including phenoxy) is 2. The molecule has 0 radical (unpaired) electrons. The summed E-state index contributed by atoms with van der Waals surface area (Å²) in [4.78, 5) is 9.14. The molecule has 2 N–H and O–H groups in total. The molecule has 0 spiro atoms. The van der Waals surface area contributed by atoms with Gasteiger partial charge in [-0.3, -0.25) is 4.55 Å². The molecule has 10 nitrogen and oxygen atoms in total. The van der Waals surface area contributed by atoms with Gasteiger partial charge in [-0.2, -0.15) is 8.42 Å². The lowest BCUT2D eigenvalue weighted by Crippen LogP contribution is -2.22. The molecule has 5 rings (SSSR count). The smallest absolute Gasteiger partial charge is 0.261 e. The maximum Gasteiger partial charge on any atom is 0.261 e. The van der Waals surface area contributed by atoms with Gasteiger partial charge in [0.2, 0.25) is 0 Å². The Morgan fingerprint density at radius 2 is 1.16 bits per heavy atom. The molecular formula is C24H28Cl2N2O8S2. The molecule has 38 heavy (non-hydrogen) atoms. The van der Waals surface area contributed by atoms with Gasteiger partial charge in [-0.1, -0.05) is 80.2 Å². The molecule has 0 bridgehead atoms. The van der Waals surface area contributed by atoms with Crippen molar-refractivity contribution >= 4 is 56.7 Å². The zero-order chi connectivity index (χ0) is 28.9. The van der Waals surface area contributed by atoms with Crippen molar-refractivity contribution < 1.29 is 37.1 Å². The molecule has 14 heteroatoms. The molecule has 0 atom stereocenters. The second kappa shape index (κ2) is 16.5. The number of hydrogen-bond donors (Lipinski definition) is 2. The summed E-state index contributed by atoms with van der Waals surface area (Å²) in [6, 6.07) is 14.9. The normalized spacial score (nSPS) is 11.2. The molecule has 0 saturated heterocycles. The van der Waals surface area contributed by atoms with Crippen molar-refractivity contribution in [2.24, 2.45) is 9.98 Å². The molecule has 0 fully saturated rings. The maximum absolute atomic E-state index is 9.19. The van der Waals surface area contributed by atoms with E-state index >= 15 is 0 Å². The minimum Gasteiger partial charge on any atom is -0.451 e. The van der Waals surface area contributed by atoms with Crippen LogP contribution in [0, 0.1) is 0 Å². The maximum atomic E-state index is 9.19. The Morgan fingerprint density at radius 1 is 0.816 bits per heavy atom. The lowest BCUT2D eigenvalue weighted by molar-refractivity contribution is -0.432. The molecule has 0 saturated carbocycles. The molecule has 3 aromatic carbocycles. The minimum absolute atomic E-state index is 0.331. The van der Waals surface area contributed by atoms with Crippen LogP contribution < -0.4 is 20.2 Å². The third-order valence-corrected chi connectivity index (χ3v) is 4.86. The van der Waals surface area contributed by atoms with Crippen molar-refractivity contribution in [2.45, 2.75) is 27.7 Å². The number of rotatable bonds is 2. The highest BCUT2D eigenvalue weighted by molar-refractivity contribution is 7.93. The zero-order valence-electron chi connectivity index (χ0n) is 21.4. The highest BCUT2D eigenvalue weighted by atomic mass is 35.5. The summed E-state index contributed by atoms with van der Waals surface area (Å²) in [5.74, 6) is 2.04. The molecule has 0 unspecified atom stereocenters. The summed E-state index contributed by atoms with van der Waals surface area (Å²) in [5.41, 5.74) is 1.38. The van der Waals surface area contributed by atoms with Gasteiger partial charge in [0.05, 0.1) is 6.26 Å². The first-order valence-electron chi connectivity index (χ1n) is 11.1. The van der Waals surface area contributed by atoms with Crippen LogP contribution in [-0.4, -0.2) is 30.7 Å². The molecule has 2 aliphatic heterocycles. The highest BCUT2D eigenvalue weighted by Crippen LogP contribution is 2.42. The topological polar surface area (TPSA) is 136 Å². The summed E-state index contributed by atoms with van der Waals surface area (Å²) in [7, 11) is -3.67. The Kier molecular flexibility index (Phi) is 14.6. The summed E-state index contributed by atoms with van der Waals surface area (Å²) >= 11 is 14.0. The fourth-order valence-corrected chi connectivity index (χ4v) is 3.34. The van der Waals surface area contributed by atoms with Gasteiger partial charge in [0.1, 0.15) is 32.1 Å². The summed E-state index contributed by atoms with van der Waals surface area (Å²) < 4.78 is 41.5. The number of halogens is 2. The number of benzene rings is 3. The van der Waals surface area contributed by atoms with Crippen LogP contribution in [-0.2, 0) is 19.5 Å². The van der Waals surface area contributed by atoms with Crippen LogP contribution in [0.1, 0.15) is 27.7 Å². The van der Waals surface area contributed by atoms with Crippen LogP contribution in [0.2, 0.25) is 10.0 Å². The van der Waals surface area contributed by atoms with E-state index in [1.807, 2.05) is 76.2 Å². The first kappa shape index (κ1) is 33.6. The monoisotopic (exact) mass is 606 g/mol. The van der Waals surface area contributed by atoms with E-state index in [0.29, 0.717) is 61.4 Å². The van der Waals surface area contributed by atoms with Gasteiger partial charge in [-0.25, -0.2) is 15.2 Å². The van der Waals surface area contributed by atoms with Crippen molar-refractivity contribution in [3.8, 4) is 23.0 Å². The Hall–Kier alpha value is -2.42. The minimum atomic E-state index is -3.67. The van der Waals surface area contributed by atoms with Gasteiger partial charge in [-0.15, -0.1) is 4.33 Å². The second-order valence-corrected chi connectivity index (χ2v) is 9.08. The summed E-state index contributed by atoms with van der Waals surface area (Å²) in [5, 5.41) is 12.0. The van der Waals surface area contributed by atoms with Crippen LogP contribution >= 0.6 is 35.2 Å². The van der Waals surface area contributed by atoms with Crippen LogP contribution in [0.5, 0.6) is 23.0 Å². The van der Waals surface area contributed by atoms with E-state index < -0.39 is 10.1 Å². The summed E-state index contributed by atoms with van der Waals surface area (Å²) in [6.07, 6.45) is 2.34. The summed E-state index contributed by atoms with van der Waals surface area (Å²) in [6.45, 7) is 8.00. The Bertz CT molecular complexity index is 1340. The molecule has 0 aliphatic carbocycles. The van der Waals surface area contributed by atoms with Gasteiger partial charge < -0.3 is 9.47 Å². The largest absolute Gasteiger partial charge is 0.451 e. The van der Waals surface area contributed by atoms with Crippen molar-refractivity contribution in [2.75, 3.05) is 12.5 Å². The van der Waals surface area contributed by atoms with Gasteiger partial charge in [-0.05, 0) is 24.3 Å². The Morgan fingerprint density at radius 3 is 1.45 bits per heavy atom. The lowest BCUT2D eigenvalue weighted by Gasteiger charge is -2.20. The predicted molar refractivity (Wildman–Crippen MR) is 150 cm³/mol. The van der Waals surface area contributed by atoms with Crippen LogP contribution in [0.15, 0.2) is 58.5 Å². The van der Waals surface area contributed by atoms with Crippen LogP contribution in [0.3, 0.4) is 0 Å². The molecular weight excluding hydrogens is 579 g/mol. The highest BCUT2D eigenvalue weighted by Gasteiger charge is 2.26. The molecule has 2 aliphatic rings. The molecule has 208 valence electrons.